The lowest BCUT2D eigenvalue weighted by Crippen LogP contribution is -2.32. The second-order valence-electron chi connectivity index (χ2n) is 6.70. The molecule has 2 aromatic carbocycles. The molecule has 1 fully saturated rings. The van der Waals surface area contributed by atoms with Crippen LogP contribution in [0, 0.1) is 17.0 Å². The summed E-state index contributed by atoms with van der Waals surface area (Å²) >= 11 is 0. The Labute approximate surface area is 168 Å². The van der Waals surface area contributed by atoms with Gasteiger partial charge in [-0.1, -0.05) is 18.2 Å². The van der Waals surface area contributed by atoms with Gasteiger partial charge in [0.25, 0.3) is 21.6 Å². The van der Waals surface area contributed by atoms with Crippen molar-refractivity contribution in [3.05, 3.63) is 63.7 Å². The lowest BCUT2D eigenvalue weighted by atomic mass is 10.1. The smallest absolute Gasteiger partial charge is 0.270 e. The average molecular weight is 419 g/mol. The molecular weight excluding hydrogens is 398 g/mol. The molecular formula is C19H21N3O6S. The Hall–Kier alpha value is -2.98. The summed E-state index contributed by atoms with van der Waals surface area (Å²) in [6, 6.07) is 9.78. The number of anilines is 1. The highest BCUT2D eigenvalue weighted by molar-refractivity contribution is 7.92. The molecule has 1 aliphatic rings. The van der Waals surface area contributed by atoms with Crippen LogP contribution in [-0.2, 0) is 14.8 Å². The van der Waals surface area contributed by atoms with Crippen LogP contribution in [0.1, 0.15) is 28.8 Å². The average Bonchev–Trinajstić information content (AvgIpc) is 3.20. The van der Waals surface area contributed by atoms with E-state index in [4.69, 9.17) is 4.74 Å². The third kappa shape index (κ3) is 4.90. The summed E-state index contributed by atoms with van der Waals surface area (Å²) in [6.45, 7) is 2.54. The highest BCUT2D eigenvalue weighted by atomic mass is 32.2. The van der Waals surface area contributed by atoms with E-state index < -0.39 is 20.9 Å². The van der Waals surface area contributed by atoms with E-state index in [1.165, 1.54) is 24.3 Å². The summed E-state index contributed by atoms with van der Waals surface area (Å²) in [7, 11) is -4.15. The molecule has 0 unspecified atom stereocenters. The molecule has 1 atom stereocenters. The number of hydrogen-bond donors (Lipinski definition) is 2. The molecule has 0 saturated carbocycles. The quantitative estimate of drug-likeness (QED) is 0.524. The number of para-hydroxylation sites is 1. The molecule has 3 rings (SSSR count). The topological polar surface area (TPSA) is 128 Å². The summed E-state index contributed by atoms with van der Waals surface area (Å²) in [4.78, 5) is 22.7. The van der Waals surface area contributed by atoms with E-state index in [-0.39, 0.29) is 27.9 Å². The van der Waals surface area contributed by atoms with Crippen molar-refractivity contribution >= 4 is 27.3 Å². The first-order valence-electron chi connectivity index (χ1n) is 9.04. The molecule has 0 aliphatic carbocycles. The fourth-order valence-electron chi connectivity index (χ4n) is 3.07. The van der Waals surface area contributed by atoms with Gasteiger partial charge < -0.3 is 10.1 Å². The molecule has 29 heavy (non-hydrogen) atoms. The molecule has 1 saturated heterocycles. The molecule has 1 aliphatic heterocycles. The molecule has 0 spiro atoms. The number of rotatable bonds is 7. The molecule has 1 amide bonds. The summed E-state index contributed by atoms with van der Waals surface area (Å²) in [5.74, 6) is -0.436. The van der Waals surface area contributed by atoms with Gasteiger partial charge in [-0.2, -0.15) is 0 Å². The molecule has 1 heterocycles. The first kappa shape index (κ1) is 20.7. The lowest BCUT2D eigenvalue weighted by Gasteiger charge is -2.15. The maximum atomic E-state index is 12.9. The van der Waals surface area contributed by atoms with Gasteiger partial charge in [0.1, 0.15) is 0 Å². The Morgan fingerprint density at radius 1 is 1.28 bits per heavy atom. The Morgan fingerprint density at radius 3 is 2.72 bits per heavy atom. The number of ether oxygens (including phenoxy) is 1. The summed E-state index contributed by atoms with van der Waals surface area (Å²) in [5, 5.41) is 13.8. The number of benzene rings is 2. The fraction of sp³-hybridized carbons (Fsp3) is 0.316. The van der Waals surface area contributed by atoms with E-state index in [1.54, 1.807) is 19.1 Å². The monoisotopic (exact) mass is 419 g/mol. The maximum Gasteiger partial charge on any atom is 0.270 e. The predicted molar refractivity (Wildman–Crippen MR) is 106 cm³/mol. The van der Waals surface area contributed by atoms with Gasteiger partial charge in [0.05, 0.1) is 27.2 Å². The van der Waals surface area contributed by atoms with Gasteiger partial charge in [-0.05, 0) is 37.5 Å². The van der Waals surface area contributed by atoms with Gasteiger partial charge in [-0.3, -0.25) is 19.6 Å². The summed E-state index contributed by atoms with van der Waals surface area (Å²) in [5.41, 5.74) is 0.252. The molecule has 0 bridgehead atoms. The molecule has 154 valence electrons. The van der Waals surface area contributed by atoms with Crippen molar-refractivity contribution in [1.29, 1.82) is 0 Å². The largest absolute Gasteiger partial charge is 0.376 e. The number of sulfonamides is 1. The van der Waals surface area contributed by atoms with E-state index in [2.05, 4.69) is 10.0 Å². The number of nitrogens with zero attached hydrogens (tertiary/aromatic N) is 1. The van der Waals surface area contributed by atoms with E-state index >= 15 is 0 Å². The SMILES string of the molecule is Cc1ccc([N+](=O)[O-])cc1S(=O)(=O)Nc1ccccc1C(=O)NC[C@H]1CCCO1. The zero-order valence-corrected chi connectivity index (χ0v) is 16.6. The number of amides is 1. The van der Waals surface area contributed by atoms with Crippen LogP contribution in [0.5, 0.6) is 0 Å². The Morgan fingerprint density at radius 2 is 2.03 bits per heavy atom. The van der Waals surface area contributed by atoms with Crippen LogP contribution in [0.4, 0.5) is 11.4 Å². The van der Waals surface area contributed by atoms with Crippen LogP contribution in [0.15, 0.2) is 47.4 Å². The number of nitro benzene ring substituents is 1. The third-order valence-corrected chi connectivity index (χ3v) is 6.11. The number of non-ortho nitro benzene ring substituents is 1. The number of carbonyl (C=O) groups is 1. The van der Waals surface area contributed by atoms with Gasteiger partial charge in [0.2, 0.25) is 0 Å². The fourth-order valence-corrected chi connectivity index (χ4v) is 4.41. The van der Waals surface area contributed by atoms with E-state index in [0.717, 1.165) is 18.9 Å². The van der Waals surface area contributed by atoms with Crippen LogP contribution < -0.4 is 10.0 Å². The zero-order chi connectivity index (χ0) is 21.0. The minimum absolute atomic E-state index is 0.0460. The molecule has 2 N–H and O–H groups in total. The molecule has 2 aromatic rings. The number of hydrogen-bond acceptors (Lipinski definition) is 6. The predicted octanol–water partition coefficient (Wildman–Crippen LogP) is 2.61. The van der Waals surface area contributed by atoms with E-state index in [9.17, 15) is 23.3 Å². The van der Waals surface area contributed by atoms with Crippen LogP contribution in [0.2, 0.25) is 0 Å². The van der Waals surface area contributed by atoms with Gasteiger partial charge in [0, 0.05) is 25.3 Å². The highest BCUT2D eigenvalue weighted by Crippen LogP contribution is 2.25. The first-order valence-corrected chi connectivity index (χ1v) is 10.5. The minimum atomic E-state index is -4.15. The van der Waals surface area contributed by atoms with E-state index in [1.807, 2.05) is 0 Å². The number of aryl methyl sites for hydroxylation is 1. The highest BCUT2D eigenvalue weighted by Gasteiger charge is 2.23. The number of carbonyl (C=O) groups excluding carboxylic acids is 1. The zero-order valence-electron chi connectivity index (χ0n) is 15.8. The van der Waals surface area contributed by atoms with Gasteiger partial charge in [-0.25, -0.2) is 8.42 Å². The molecule has 9 nitrogen and oxygen atoms in total. The Bertz CT molecular complexity index is 1030. The van der Waals surface area contributed by atoms with Crippen LogP contribution in [-0.4, -0.2) is 38.5 Å². The second-order valence-corrected chi connectivity index (χ2v) is 8.35. The summed E-state index contributed by atoms with van der Waals surface area (Å²) in [6.07, 6.45) is 1.76. The van der Waals surface area contributed by atoms with Crippen LogP contribution in [0.25, 0.3) is 0 Å². The second kappa shape index (κ2) is 8.58. The van der Waals surface area contributed by atoms with Crippen molar-refractivity contribution in [2.24, 2.45) is 0 Å². The lowest BCUT2D eigenvalue weighted by molar-refractivity contribution is -0.385. The Balaban J connectivity index is 1.83. The van der Waals surface area contributed by atoms with Crippen molar-refractivity contribution in [2.45, 2.75) is 30.8 Å². The summed E-state index contributed by atoms with van der Waals surface area (Å²) < 4.78 is 33.6. The van der Waals surface area contributed by atoms with Gasteiger partial charge >= 0.3 is 0 Å². The van der Waals surface area contributed by atoms with Crippen molar-refractivity contribution in [3.8, 4) is 0 Å². The van der Waals surface area contributed by atoms with Crippen LogP contribution in [0.3, 0.4) is 0 Å². The standard InChI is InChI=1S/C19H21N3O6S/c1-13-8-9-14(22(24)25)11-18(13)29(26,27)21-17-7-3-2-6-16(17)19(23)20-12-15-5-4-10-28-15/h2-3,6-9,11,15,21H,4-5,10,12H2,1H3,(H,20,23)/t15-/m1/s1. The minimum Gasteiger partial charge on any atom is -0.376 e. The Kier molecular flexibility index (Phi) is 6.14. The van der Waals surface area contributed by atoms with Gasteiger partial charge in [-0.15, -0.1) is 0 Å². The first-order chi connectivity index (χ1) is 13.8. The van der Waals surface area contributed by atoms with Gasteiger partial charge in [0.15, 0.2) is 0 Å². The maximum absolute atomic E-state index is 12.9. The molecule has 10 heteroatoms. The third-order valence-electron chi connectivity index (χ3n) is 4.60. The van der Waals surface area contributed by atoms with Crippen molar-refractivity contribution in [3.63, 3.8) is 0 Å². The molecule has 0 aromatic heterocycles. The number of nitro groups is 1. The number of nitrogens with one attached hydrogen (secondary N) is 2. The van der Waals surface area contributed by atoms with E-state index in [0.29, 0.717) is 18.7 Å². The normalized spacial score (nSPS) is 16.4. The van der Waals surface area contributed by atoms with Crippen molar-refractivity contribution in [1.82, 2.24) is 5.32 Å². The molecule has 0 radical (unpaired) electrons. The van der Waals surface area contributed by atoms with Crippen LogP contribution >= 0.6 is 0 Å². The van der Waals surface area contributed by atoms with Crippen molar-refractivity contribution < 1.29 is 22.9 Å². The van der Waals surface area contributed by atoms with Crippen molar-refractivity contribution in [2.75, 3.05) is 17.9 Å².